The van der Waals surface area contributed by atoms with E-state index in [1.165, 1.54) is 37.4 Å². The summed E-state index contributed by atoms with van der Waals surface area (Å²) in [6.07, 6.45) is -2.63. The zero-order valence-corrected chi connectivity index (χ0v) is 13.7. The van der Waals surface area contributed by atoms with Crippen molar-refractivity contribution in [2.75, 3.05) is 13.7 Å². The molecule has 8 nitrogen and oxygen atoms in total. The summed E-state index contributed by atoms with van der Waals surface area (Å²) in [4.78, 5) is 14.6. The number of hydrogen-bond acceptors (Lipinski definition) is 6. The molecule has 2 atom stereocenters. The van der Waals surface area contributed by atoms with Crippen LogP contribution in [0.15, 0.2) is 47.6 Å². The zero-order chi connectivity index (χ0) is 19.1. The Hall–Kier alpha value is -3.13. The standard InChI is InChI=1S/C17H16FN3O5/c1-25-15-8-11(16(23)13(22)9-20-21-19)4-7-14(15)26-17(24)10-2-5-12(18)6-3-10/h2-8,13,16,22-23H,9H2,1H3. The van der Waals surface area contributed by atoms with Gasteiger partial charge in [-0.2, -0.15) is 0 Å². The van der Waals surface area contributed by atoms with E-state index >= 15 is 0 Å². The lowest BCUT2D eigenvalue weighted by Crippen LogP contribution is -2.21. The van der Waals surface area contributed by atoms with Gasteiger partial charge in [-0.3, -0.25) is 0 Å². The molecule has 0 aromatic heterocycles. The van der Waals surface area contributed by atoms with Gasteiger partial charge in [-0.25, -0.2) is 9.18 Å². The van der Waals surface area contributed by atoms with Crippen molar-refractivity contribution in [3.05, 3.63) is 69.9 Å². The van der Waals surface area contributed by atoms with Gasteiger partial charge in [0.2, 0.25) is 0 Å². The summed E-state index contributed by atoms with van der Waals surface area (Å²) in [5, 5.41) is 23.1. The third kappa shape index (κ3) is 4.70. The van der Waals surface area contributed by atoms with E-state index in [2.05, 4.69) is 10.0 Å². The average Bonchev–Trinajstić information content (AvgIpc) is 2.66. The van der Waals surface area contributed by atoms with Crippen LogP contribution in [0.3, 0.4) is 0 Å². The number of azide groups is 1. The topological polar surface area (TPSA) is 125 Å². The van der Waals surface area contributed by atoms with Gasteiger partial charge in [-0.15, -0.1) is 0 Å². The summed E-state index contributed by atoms with van der Waals surface area (Å²) in [7, 11) is 1.34. The first-order valence-corrected chi connectivity index (χ1v) is 7.49. The summed E-state index contributed by atoms with van der Waals surface area (Å²) >= 11 is 0. The molecule has 0 spiro atoms. The van der Waals surface area contributed by atoms with Crippen molar-refractivity contribution in [1.82, 2.24) is 0 Å². The first-order valence-electron chi connectivity index (χ1n) is 7.49. The van der Waals surface area contributed by atoms with Gasteiger partial charge in [0.15, 0.2) is 11.5 Å². The summed E-state index contributed by atoms with van der Waals surface area (Å²) in [5.41, 5.74) is 8.69. The van der Waals surface area contributed by atoms with Gasteiger partial charge in [-0.1, -0.05) is 11.2 Å². The molecule has 2 N–H and O–H groups in total. The lowest BCUT2D eigenvalue weighted by molar-refractivity contribution is 0.0242. The number of ether oxygens (including phenoxy) is 2. The molecule has 0 heterocycles. The number of nitrogens with zero attached hydrogens (tertiary/aromatic N) is 3. The van der Waals surface area contributed by atoms with Crippen molar-refractivity contribution in [2.45, 2.75) is 12.2 Å². The van der Waals surface area contributed by atoms with Gasteiger partial charge in [-0.05, 0) is 47.5 Å². The Morgan fingerprint density at radius 3 is 2.54 bits per heavy atom. The van der Waals surface area contributed by atoms with Crippen LogP contribution >= 0.6 is 0 Å². The normalized spacial score (nSPS) is 12.6. The molecule has 0 saturated carbocycles. The molecule has 2 aromatic rings. The number of halogens is 1. The summed E-state index contributed by atoms with van der Waals surface area (Å²) in [5.74, 6) is -0.952. The fourth-order valence-electron chi connectivity index (χ4n) is 2.14. The number of hydrogen-bond donors (Lipinski definition) is 2. The van der Waals surface area contributed by atoms with Crippen LogP contribution in [0.4, 0.5) is 4.39 Å². The smallest absolute Gasteiger partial charge is 0.343 e. The van der Waals surface area contributed by atoms with Crippen molar-refractivity contribution >= 4 is 5.97 Å². The fraction of sp³-hybridized carbons (Fsp3) is 0.235. The first-order chi connectivity index (χ1) is 12.5. The second-order valence-electron chi connectivity index (χ2n) is 5.23. The van der Waals surface area contributed by atoms with Crippen molar-refractivity contribution in [1.29, 1.82) is 0 Å². The molecule has 2 unspecified atom stereocenters. The van der Waals surface area contributed by atoms with Gasteiger partial charge in [0.25, 0.3) is 0 Å². The SMILES string of the molecule is COc1cc(C(O)C(O)CN=[N+]=[N-])ccc1OC(=O)c1ccc(F)cc1. The van der Waals surface area contributed by atoms with Crippen LogP contribution < -0.4 is 9.47 Å². The highest BCUT2D eigenvalue weighted by atomic mass is 19.1. The second kappa shape index (κ2) is 8.82. The number of esters is 1. The predicted octanol–water partition coefficient (Wildman–Crippen LogP) is 2.76. The van der Waals surface area contributed by atoms with Crippen molar-refractivity contribution in [3.63, 3.8) is 0 Å². The van der Waals surface area contributed by atoms with Gasteiger partial charge in [0.05, 0.1) is 25.3 Å². The molecule has 0 radical (unpaired) electrons. The number of aliphatic hydroxyl groups is 2. The minimum absolute atomic E-state index is 0.0855. The molecule has 0 aliphatic carbocycles. The van der Waals surface area contributed by atoms with E-state index in [1.807, 2.05) is 0 Å². The van der Waals surface area contributed by atoms with Crippen LogP contribution in [-0.2, 0) is 0 Å². The Morgan fingerprint density at radius 1 is 1.23 bits per heavy atom. The summed E-state index contributed by atoms with van der Waals surface area (Å²) < 4.78 is 23.3. The highest BCUT2D eigenvalue weighted by Crippen LogP contribution is 2.32. The molecule has 2 rings (SSSR count). The van der Waals surface area contributed by atoms with E-state index in [-0.39, 0.29) is 29.2 Å². The Labute approximate surface area is 148 Å². The third-order valence-corrected chi connectivity index (χ3v) is 3.51. The number of carbonyl (C=O) groups is 1. The first kappa shape index (κ1) is 19.2. The van der Waals surface area contributed by atoms with Crippen LogP contribution in [0.5, 0.6) is 11.5 Å². The number of rotatable bonds is 7. The maximum absolute atomic E-state index is 12.9. The maximum atomic E-state index is 12.9. The van der Waals surface area contributed by atoms with Crippen molar-refractivity contribution < 1.29 is 28.9 Å². The Morgan fingerprint density at radius 2 is 1.92 bits per heavy atom. The fourth-order valence-corrected chi connectivity index (χ4v) is 2.14. The van der Waals surface area contributed by atoms with E-state index in [0.717, 1.165) is 12.1 Å². The van der Waals surface area contributed by atoms with Gasteiger partial charge in [0.1, 0.15) is 11.9 Å². The maximum Gasteiger partial charge on any atom is 0.343 e. The van der Waals surface area contributed by atoms with Crippen LogP contribution in [0, 0.1) is 5.82 Å². The van der Waals surface area contributed by atoms with E-state index in [0.29, 0.717) is 0 Å². The average molecular weight is 361 g/mol. The molecule has 0 saturated heterocycles. The molecular weight excluding hydrogens is 345 g/mol. The zero-order valence-electron chi connectivity index (χ0n) is 13.7. The Bertz CT molecular complexity index is 822. The molecule has 0 amide bonds. The van der Waals surface area contributed by atoms with E-state index in [9.17, 15) is 19.4 Å². The van der Waals surface area contributed by atoms with E-state index in [1.54, 1.807) is 0 Å². The number of benzene rings is 2. The minimum atomic E-state index is -1.32. The summed E-state index contributed by atoms with van der Waals surface area (Å²) in [6, 6.07) is 9.05. The van der Waals surface area contributed by atoms with E-state index in [4.69, 9.17) is 15.0 Å². The number of aliphatic hydroxyl groups excluding tert-OH is 2. The van der Waals surface area contributed by atoms with Gasteiger partial charge < -0.3 is 19.7 Å². The van der Waals surface area contributed by atoms with Gasteiger partial charge >= 0.3 is 5.97 Å². The van der Waals surface area contributed by atoms with E-state index < -0.39 is 24.0 Å². The van der Waals surface area contributed by atoms with Gasteiger partial charge in [0, 0.05) is 4.91 Å². The molecule has 9 heteroatoms. The van der Waals surface area contributed by atoms with Crippen molar-refractivity contribution in [2.24, 2.45) is 5.11 Å². The minimum Gasteiger partial charge on any atom is -0.493 e. The van der Waals surface area contributed by atoms with Crippen LogP contribution in [0.1, 0.15) is 22.0 Å². The molecule has 0 aliphatic heterocycles. The highest BCUT2D eigenvalue weighted by Gasteiger charge is 2.20. The molecule has 2 aromatic carbocycles. The molecular formula is C17H16FN3O5. The number of carbonyl (C=O) groups excluding carboxylic acids is 1. The lowest BCUT2D eigenvalue weighted by atomic mass is 10.0. The number of methoxy groups -OCH3 is 1. The molecule has 0 fully saturated rings. The molecule has 136 valence electrons. The Kier molecular flexibility index (Phi) is 6.51. The molecule has 26 heavy (non-hydrogen) atoms. The Balaban J connectivity index is 2.18. The molecule has 0 bridgehead atoms. The van der Waals surface area contributed by atoms with Crippen LogP contribution in [0.2, 0.25) is 0 Å². The monoisotopic (exact) mass is 361 g/mol. The largest absolute Gasteiger partial charge is 0.493 e. The third-order valence-electron chi connectivity index (χ3n) is 3.51. The lowest BCUT2D eigenvalue weighted by Gasteiger charge is -2.18. The highest BCUT2D eigenvalue weighted by molar-refractivity contribution is 5.91. The quantitative estimate of drug-likeness (QED) is 0.258. The predicted molar refractivity (Wildman–Crippen MR) is 89.3 cm³/mol. The second-order valence-corrected chi connectivity index (χ2v) is 5.23. The van der Waals surface area contributed by atoms with Crippen molar-refractivity contribution in [3.8, 4) is 11.5 Å². The summed E-state index contributed by atoms with van der Waals surface area (Å²) in [6.45, 7) is -0.304. The molecule has 0 aliphatic rings. The van der Waals surface area contributed by atoms with Crippen LogP contribution in [-0.4, -0.2) is 35.9 Å². The van der Waals surface area contributed by atoms with Crippen LogP contribution in [0.25, 0.3) is 10.4 Å².